The Morgan fingerprint density at radius 2 is 2.03 bits per heavy atom. The second kappa shape index (κ2) is 8.61. The van der Waals surface area contributed by atoms with Crippen molar-refractivity contribution in [3.8, 4) is 0 Å². The molecule has 2 atom stereocenters. The largest absolute Gasteiger partial charge is 0.444 e. The van der Waals surface area contributed by atoms with E-state index in [-0.39, 0.29) is 29.6 Å². The van der Waals surface area contributed by atoms with Gasteiger partial charge in [-0.25, -0.2) is 14.6 Å². The number of carbonyl (C=O) groups is 3. The number of hydrogen-bond donors (Lipinski definition) is 4. The topological polar surface area (TPSA) is 191 Å². The van der Waals surface area contributed by atoms with E-state index in [9.17, 15) is 22.8 Å². The number of piperidine rings is 1. The van der Waals surface area contributed by atoms with Crippen molar-refractivity contribution in [3.63, 3.8) is 0 Å². The van der Waals surface area contributed by atoms with Gasteiger partial charge in [-0.15, -0.1) is 15.6 Å². The molecule has 2 aliphatic heterocycles. The highest BCUT2D eigenvalue weighted by atomic mass is 32.3. The van der Waals surface area contributed by atoms with E-state index in [0.717, 1.165) is 11.3 Å². The molecule has 0 saturated carbocycles. The maximum atomic E-state index is 12.5. The first-order chi connectivity index (χ1) is 14.7. The summed E-state index contributed by atoms with van der Waals surface area (Å²) in [5.41, 5.74) is -0.705. The number of nitrogens with one attached hydrogen (secondary N) is 3. The smallest absolute Gasteiger partial charge is 0.418 e. The summed E-state index contributed by atoms with van der Waals surface area (Å²) < 4.78 is 40.2. The SMILES string of the molecule is CC(C)(C)OC(=O)Nc1csc(C(=O)NC(=N)C2CCC3CN2C(=O)N3OS(=O)(=O)O)n1. The molecule has 0 radical (unpaired) electrons. The lowest BCUT2D eigenvalue weighted by Crippen LogP contribution is -2.50. The second-order valence-electron chi connectivity index (χ2n) is 8.04. The Morgan fingerprint density at radius 1 is 1.34 bits per heavy atom. The fraction of sp³-hybridized carbons (Fsp3) is 0.562. The minimum atomic E-state index is -4.88. The number of nitrogens with zero attached hydrogens (tertiary/aromatic N) is 3. The van der Waals surface area contributed by atoms with E-state index < -0.39 is 46.1 Å². The zero-order valence-corrected chi connectivity index (χ0v) is 18.9. The van der Waals surface area contributed by atoms with Crippen LogP contribution < -0.4 is 10.6 Å². The summed E-state index contributed by atoms with van der Waals surface area (Å²) in [6, 6.07) is -2.27. The molecule has 0 aliphatic carbocycles. The molecule has 2 aliphatic rings. The van der Waals surface area contributed by atoms with Crippen molar-refractivity contribution in [1.29, 1.82) is 5.41 Å². The molecule has 2 unspecified atom stereocenters. The number of amides is 4. The van der Waals surface area contributed by atoms with Gasteiger partial charge in [0, 0.05) is 11.9 Å². The summed E-state index contributed by atoms with van der Waals surface area (Å²) in [5, 5.41) is 14.9. The lowest BCUT2D eigenvalue weighted by molar-refractivity contribution is -0.0316. The van der Waals surface area contributed by atoms with Crippen molar-refractivity contribution in [3.05, 3.63) is 10.4 Å². The molecule has 1 aromatic rings. The van der Waals surface area contributed by atoms with Gasteiger partial charge in [-0.1, -0.05) is 0 Å². The van der Waals surface area contributed by atoms with Gasteiger partial charge >= 0.3 is 22.5 Å². The number of aromatic nitrogens is 1. The maximum absolute atomic E-state index is 12.5. The highest BCUT2D eigenvalue weighted by Crippen LogP contribution is 2.31. The molecule has 0 aromatic carbocycles. The highest BCUT2D eigenvalue weighted by molar-refractivity contribution is 7.80. The number of hydroxylamine groups is 2. The second-order valence-corrected chi connectivity index (χ2v) is 9.91. The first-order valence-electron chi connectivity index (χ1n) is 9.35. The zero-order chi connectivity index (χ0) is 23.8. The van der Waals surface area contributed by atoms with Crippen molar-refractivity contribution in [2.24, 2.45) is 0 Å². The number of urea groups is 1. The number of anilines is 1. The van der Waals surface area contributed by atoms with E-state index >= 15 is 0 Å². The van der Waals surface area contributed by atoms with Crippen molar-refractivity contribution < 1.29 is 36.4 Å². The lowest BCUT2D eigenvalue weighted by Gasteiger charge is -2.30. The van der Waals surface area contributed by atoms with Gasteiger partial charge in [-0.3, -0.25) is 20.1 Å². The van der Waals surface area contributed by atoms with Crippen molar-refractivity contribution >= 4 is 51.4 Å². The summed E-state index contributed by atoms with van der Waals surface area (Å²) in [4.78, 5) is 41.9. The molecule has 176 valence electrons. The van der Waals surface area contributed by atoms with Crippen LogP contribution in [0.1, 0.15) is 43.4 Å². The molecular formula is C16H22N6O8S2. The molecule has 2 bridgehead atoms. The predicted octanol–water partition coefficient (Wildman–Crippen LogP) is 1.20. The van der Waals surface area contributed by atoms with Crippen LogP contribution in [0.5, 0.6) is 0 Å². The fourth-order valence-corrected chi connectivity index (χ4v) is 4.27. The molecular weight excluding hydrogens is 468 g/mol. The average molecular weight is 491 g/mol. The van der Waals surface area contributed by atoms with Crippen LogP contribution in [0.25, 0.3) is 0 Å². The average Bonchev–Trinajstić information content (AvgIpc) is 3.18. The lowest BCUT2D eigenvalue weighted by atomic mass is 10.00. The summed E-state index contributed by atoms with van der Waals surface area (Å²) in [7, 11) is -4.88. The molecule has 3 rings (SSSR count). The normalized spacial score (nSPS) is 20.8. The van der Waals surface area contributed by atoms with E-state index in [2.05, 4.69) is 19.9 Å². The van der Waals surface area contributed by atoms with Crippen LogP contribution in [-0.4, -0.2) is 76.0 Å². The minimum Gasteiger partial charge on any atom is -0.444 e. The van der Waals surface area contributed by atoms with E-state index in [1.165, 1.54) is 10.3 Å². The van der Waals surface area contributed by atoms with Crippen molar-refractivity contribution in [1.82, 2.24) is 20.3 Å². The molecule has 1 aromatic heterocycles. The fourth-order valence-electron chi connectivity index (χ4n) is 3.23. The molecule has 3 heterocycles. The summed E-state index contributed by atoms with van der Waals surface area (Å²) in [5.74, 6) is -0.890. The van der Waals surface area contributed by atoms with Gasteiger partial charge in [0.1, 0.15) is 17.3 Å². The van der Waals surface area contributed by atoms with Crippen LogP contribution >= 0.6 is 11.3 Å². The van der Waals surface area contributed by atoms with Gasteiger partial charge in [0.15, 0.2) is 5.01 Å². The number of hydrogen-bond acceptors (Lipinski definition) is 10. The number of amidine groups is 1. The van der Waals surface area contributed by atoms with E-state index in [1.54, 1.807) is 20.8 Å². The molecule has 0 spiro atoms. The van der Waals surface area contributed by atoms with Gasteiger partial charge in [0.2, 0.25) is 0 Å². The van der Waals surface area contributed by atoms with Crippen LogP contribution in [0.2, 0.25) is 0 Å². The zero-order valence-electron chi connectivity index (χ0n) is 17.3. The number of ether oxygens (including phenoxy) is 1. The van der Waals surface area contributed by atoms with Gasteiger partial charge in [-0.05, 0) is 33.6 Å². The molecule has 2 fully saturated rings. The Bertz CT molecular complexity index is 1050. The number of rotatable bonds is 5. The number of fused-ring (bicyclic) bond motifs is 2. The van der Waals surface area contributed by atoms with E-state index in [1.807, 2.05) is 0 Å². The summed E-state index contributed by atoms with van der Waals surface area (Å²) >= 11 is 0.935. The molecule has 2 saturated heterocycles. The summed E-state index contributed by atoms with van der Waals surface area (Å²) in [6.07, 6.45) is -0.171. The first kappa shape index (κ1) is 23.8. The number of thiazole rings is 1. The minimum absolute atomic E-state index is 0.0291. The van der Waals surface area contributed by atoms with Gasteiger partial charge in [-0.2, -0.15) is 13.5 Å². The number of carbonyl (C=O) groups excluding carboxylic acids is 3. The first-order valence-corrected chi connectivity index (χ1v) is 11.6. The third-order valence-corrected chi connectivity index (χ3v) is 5.60. The van der Waals surface area contributed by atoms with Crippen molar-refractivity contribution in [2.75, 3.05) is 11.9 Å². The molecule has 14 nitrogen and oxygen atoms in total. The van der Waals surface area contributed by atoms with Crippen LogP contribution in [0, 0.1) is 5.41 Å². The maximum Gasteiger partial charge on any atom is 0.418 e. The molecule has 32 heavy (non-hydrogen) atoms. The summed E-state index contributed by atoms with van der Waals surface area (Å²) in [6.45, 7) is 5.17. The third kappa shape index (κ3) is 5.70. The molecule has 4 amide bonds. The van der Waals surface area contributed by atoms with Crippen LogP contribution in [0.4, 0.5) is 15.4 Å². The Hall–Kier alpha value is -2.82. The molecule has 4 N–H and O–H groups in total. The van der Waals surface area contributed by atoms with Gasteiger partial charge in [0.25, 0.3) is 5.91 Å². The predicted molar refractivity (Wildman–Crippen MR) is 111 cm³/mol. The third-order valence-electron chi connectivity index (χ3n) is 4.41. The standard InChI is InChI=1S/C16H22N6O8S2/c1-16(2,3)29-14(24)19-10-7-31-13(18-10)12(23)20-11(17)9-5-4-8-6-21(9)15(25)22(8)30-32(26,27)28/h7-9H,4-6H2,1-3H3,(H,19,24)(H2,17,20,23)(H,26,27,28). The van der Waals surface area contributed by atoms with Crippen LogP contribution in [-0.2, 0) is 19.4 Å². The Morgan fingerprint density at radius 3 is 2.66 bits per heavy atom. The van der Waals surface area contributed by atoms with E-state index in [0.29, 0.717) is 11.5 Å². The van der Waals surface area contributed by atoms with Crippen LogP contribution in [0.3, 0.4) is 0 Å². The highest BCUT2D eigenvalue weighted by Gasteiger charge is 2.48. The molecule has 16 heteroatoms. The Balaban J connectivity index is 1.60. The van der Waals surface area contributed by atoms with E-state index in [4.69, 9.17) is 14.7 Å². The van der Waals surface area contributed by atoms with Crippen molar-refractivity contribution in [2.45, 2.75) is 51.3 Å². The van der Waals surface area contributed by atoms with Gasteiger partial charge < -0.3 is 15.0 Å². The van der Waals surface area contributed by atoms with Gasteiger partial charge in [0.05, 0.1) is 12.1 Å². The monoisotopic (exact) mass is 490 g/mol. The Kier molecular flexibility index (Phi) is 6.41. The Labute approximate surface area is 187 Å². The van der Waals surface area contributed by atoms with Crippen LogP contribution in [0.15, 0.2) is 5.38 Å². The quantitative estimate of drug-likeness (QED) is 0.267.